The number of carbonyl (C=O) groups excluding carboxylic acids is 1. The van der Waals surface area contributed by atoms with E-state index in [4.69, 9.17) is 21.1 Å². The van der Waals surface area contributed by atoms with Crippen LogP contribution in [0.1, 0.15) is 18.1 Å². The smallest absolute Gasteiger partial charge is 0.277 e. The van der Waals surface area contributed by atoms with E-state index in [9.17, 15) is 4.79 Å². The molecule has 2 aromatic rings. The van der Waals surface area contributed by atoms with E-state index in [0.29, 0.717) is 23.1 Å². The number of hydrogen-bond donors (Lipinski definition) is 1. The number of ether oxygens (including phenoxy) is 2. The Kier molecular flexibility index (Phi) is 6.63. The van der Waals surface area contributed by atoms with Crippen LogP contribution in [0.25, 0.3) is 0 Å². The summed E-state index contributed by atoms with van der Waals surface area (Å²) in [5, 5.41) is 4.55. The molecule has 0 heterocycles. The van der Waals surface area contributed by atoms with E-state index < -0.39 is 0 Å². The maximum atomic E-state index is 11.8. The number of benzene rings is 2. The average molecular weight is 347 g/mol. The predicted molar refractivity (Wildman–Crippen MR) is 95.0 cm³/mol. The van der Waals surface area contributed by atoms with Crippen molar-refractivity contribution < 1.29 is 14.3 Å². The number of hydrazone groups is 1. The maximum Gasteiger partial charge on any atom is 0.277 e. The Morgan fingerprint density at radius 2 is 2.00 bits per heavy atom. The number of aryl methyl sites for hydroxylation is 1. The molecule has 5 nitrogen and oxygen atoms in total. The van der Waals surface area contributed by atoms with Crippen molar-refractivity contribution in [1.82, 2.24) is 5.43 Å². The lowest BCUT2D eigenvalue weighted by Crippen LogP contribution is -2.24. The molecule has 24 heavy (non-hydrogen) atoms. The van der Waals surface area contributed by atoms with Crippen LogP contribution in [0.5, 0.6) is 11.5 Å². The van der Waals surface area contributed by atoms with Gasteiger partial charge in [0.2, 0.25) is 0 Å². The number of nitrogens with one attached hydrogen (secondary N) is 1. The molecule has 0 saturated heterocycles. The van der Waals surface area contributed by atoms with Gasteiger partial charge in [0, 0.05) is 10.6 Å². The fraction of sp³-hybridized carbons (Fsp3) is 0.222. The second-order valence-corrected chi connectivity index (χ2v) is 5.40. The number of para-hydroxylation sites is 1. The number of halogens is 1. The van der Waals surface area contributed by atoms with Crippen molar-refractivity contribution in [2.24, 2.45) is 5.10 Å². The first-order valence-corrected chi connectivity index (χ1v) is 7.90. The van der Waals surface area contributed by atoms with E-state index in [-0.39, 0.29) is 12.5 Å². The molecule has 6 heteroatoms. The highest BCUT2D eigenvalue weighted by Gasteiger charge is 2.05. The van der Waals surface area contributed by atoms with Crippen molar-refractivity contribution in [2.75, 3.05) is 13.2 Å². The van der Waals surface area contributed by atoms with Gasteiger partial charge < -0.3 is 9.47 Å². The first-order chi connectivity index (χ1) is 11.6. The molecule has 2 aromatic carbocycles. The third-order valence-electron chi connectivity index (χ3n) is 3.11. The largest absolute Gasteiger partial charge is 0.493 e. The Labute approximate surface area is 146 Å². The number of nitrogens with zero attached hydrogens (tertiary/aromatic N) is 1. The summed E-state index contributed by atoms with van der Waals surface area (Å²) < 4.78 is 10.9. The van der Waals surface area contributed by atoms with Crippen LogP contribution in [0.2, 0.25) is 5.02 Å². The second-order valence-electron chi connectivity index (χ2n) is 4.96. The van der Waals surface area contributed by atoms with Gasteiger partial charge in [0.25, 0.3) is 5.91 Å². The zero-order chi connectivity index (χ0) is 17.4. The molecule has 0 aliphatic heterocycles. The van der Waals surface area contributed by atoms with Crippen molar-refractivity contribution in [1.29, 1.82) is 0 Å². The lowest BCUT2D eigenvalue weighted by atomic mass is 10.2. The molecule has 0 atom stereocenters. The molecule has 0 radical (unpaired) electrons. The van der Waals surface area contributed by atoms with Gasteiger partial charge in [-0.1, -0.05) is 23.7 Å². The second kappa shape index (κ2) is 8.93. The Hall–Kier alpha value is -2.53. The first-order valence-electron chi connectivity index (χ1n) is 7.53. The third kappa shape index (κ3) is 5.28. The van der Waals surface area contributed by atoms with Gasteiger partial charge in [-0.3, -0.25) is 4.79 Å². The molecule has 0 saturated carbocycles. The van der Waals surface area contributed by atoms with Gasteiger partial charge in [-0.25, -0.2) is 5.43 Å². The van der Waals surface area contributed by atoms with Crippen LogP contribution in [0, 0.1) is 6.92 Å². The fourth-order valence-electron chi connectivity index (χ4n) is 2.00. The lowest BCUT2D eigenvalue weighted by Gasteiger charge is -2.08. The maximum absolute atomic E-state index is 11.8. The summed E-state index contributed by atoms with van der Waals surface area (Å²) in [4.78, 5) is 11.8. The zero-order valence-corrected chi connectivity index (χ0v) is 14.3. The molecule has 1 amide bonds. The summed E-state index contributed by atoms with van der Waals surface area (Å²) in [6.07, 6.45) is 1.54. The Balaban J connectivity index is 1.87. The number of amides is 1. The summed E-state index contributed by atoms with van der Waals surface area (Å²) in [5.41, 5.74) is 4.08. The van der Waals surface area contributed by atoms with E-state index in [2.05, 4.69) is 10.5 Å². The minimum Gasteiger partial charge on any atom is -0.493 e. The minimum absolute atomic E-state index is 0.132. The topological polar surface area (TPSA) is 59.9 Å². The molecule has 1 N–H and O–H groups in total. The highest BCUT2D eigenvalue weighted by atomic mass is 35.5. The molecule has 0 unspecified atom stereocenters. The molecule has 126 valence electrons. The summed E-state index contributed by atoms with van der Waals surface area (Å²) in [6, 6.07) is 12.7. The highest BCUT2D eigenvalue weighted by Crippen LogP contribution is 2.21. The normalized spacial score (nSPS) is 10.6. The van der Waals surface area contributed by atoms with Gasteiger partial charge in [0.1, 0.15) is 11.5 Å². The van der Waals surface area contributed by atoms with Crippen LogP contribution in [0.4, 0.5) is 0 Å². The van der Waals surface area contributed by atoms with Crippen LogP contribution in [0.3, 0.4) is 0 Å². The van der Waals surface area contributed by atoms with E-state index in [1.54, 1.807) is 18.2 Å². The molecule has 0 aliphatic carbocycles. The summed E-state index contributed by atoms with van der Waals surface area (Å²) in [6.45, 7) is 4.20. The SMILES string of the molecule is CCOc1ccccc1/C=N\NC(=O)COc1ccc(Cl)cc1C. The number of carbonyl (C=O) groups is 1. The molecule has 2 rings (SSSR count). The van der Waals surface area contributed by atoms with Gasteiger partial charge in [0.05, 0.1) is 12.8 Å². The van der Waals surface area contributed by atoms with E-state index >= 15 is 0 Å². The van der Waals surface area contributed by atoms with Crippen molar-refractivity contribution in [3.63, 3.8) is 0 Å². The van der Waals surface area contributed by atoms with Crippen molar-refractivity contribution in [3.05, 3.63) is 58.6 Å². The molecular formula is C18H19ClN2O3. The van der Waals surface area contributed by atoms with Crippen LogP contribution in [-0.2, 0) is 4.79 Å². The van der Waals surface area contributed by atoms with Gasteiger partial charge in [0.15, 0.2) is 6.61 Å². The number of hydrogen-bond acceptors (Lipinski definition) is 4. The Morgan fingerprint density at radius 3 is 2.75 bits per heavy atom. The van der Waals surface area contributed by atoms with Crippen LogP contribution < -0.4 is 14.9 Å². The van der Waals surface area contributed by atoms with Crippen LogP contribution in [-0.4, -0.2) is 25.3 Å². The van der Waals surface area contributed by atoms with Crippen LogP contribution in [0.15, 0.2) is 47.6 Å². The van der Waals surface area contributed by atoms with E-state index in [0.717, 1.165) is 11.1 Å². The number of rotatable bonds is 7. The van der Waals surface area contributed by atoms with Crippen LogP contribution >= 0.6 is 11.6 Å². The monoisotopic (exact) mass is 346 g/mol. The first kappa shape index (κ1) is 17.8. The van der Waals surface area contributed by atoms with Crippen molar-refractivity contribution >= 4 is 23.7 Å². The van der Waals surface area contributed by atoms with Gasteiger partial charge in [-0.2, -0.15) is 5.10 Å². The average Bonchev–Trinajstić information content (AvgIpc) is 2.56. The minimum atomic E-state index is -0.352. The zero-order valence-electron chi connectivity index (χ0n) is 13.6. The van der Waals surface area contributed by atoms with E-state index in [1.165, 1.54) is 6.21 Å². The lowest BCUT2D eigenvalue weighted by molar-refractivity contribution is -0.123. The summed E-state index contributed by atoms with van der Waals surface area (Å²) >= 11 is 5.88. The van der Waals surface area contributed by atoms with E-state index in [1.807, 2.05) is 38.1 Å². The highest BCUT2D eigenvalue weighted by molar-refractivity contribution is 6.30. The molecular weight excluding hydrogens is 328 g/mol. The van der Waals surface area contributed by atoms with Gasteiger partial charge in [-0.15, -0.1) is 0 Å². The Bertz CT molecular complexity index is 732. The van der Waals surface area contributed by atoms with Gasteiger partial charge >= 0.3 is 0 Å². The molecule has 0 fully saturated rings. The molecule has 0 bridgehead atoms. The molecule has 0 spiro atoms. The Morgan fingerprint density at radius 1 is 1.21 bits per heavy atom. The predicted octanol–water partition coefficient (Wildman–Crippen LogP) is 3.58. The standard InChI is InChI=1S/C18H19ClN2O3/c1-3-23-17-7-5-4-6-14(17)11-20-21-18(22)12-24-16-9-8-15(19)10-13(16)2/h4-11H,3,12H2,1-2H3,(H,21,22)/b20-11-. The van der Waals surface area contributed by atoms with Crippen molar-refractivity contribution in [2.45, 2.75) is 13.8 Å². The summed E-state index contributed by atoms with van der Waals surface area (Å²) in [5.74, 6) is 0.973. The van der Waals surface area contributed by atoms with Gasteiger partial charge in [-0.05, 0) is 49.7 Å². The fourth-order valence-corrected chi connectivity index (χ4v) is 2.22. The van der Waals surface area contributed by atoms with Crippen molar-refractivity contribution in [3.8, 4) is 11.5 Å². The summed E-state index contributed by atoms with van der Waals surface area (Å²) in [7, 11) is 0. The molecule has 0 aliphatic rings. The quantitative estimate of drug-likeness (QED) is 0.615. The third-order valence-corrected chi connectivity index (χ3v) is 3.34. The molecule has 0 aromatic heterocycles.